The van der Waals surface area contributed by atoms with Gasteiger partial charge in [0.25, 0.3) is 0 Å². The highest BCUT2D eigenvalue weighted by atomic mass is 16.2. The highest BCUT2D eigenvalue weighted by Gasteiger charge is 2.52. The smallest absolute Gasteiger partial charge is 0.317 e. The number of anilines is 1. The number of rotatable bonds is 1. The Hall–Kier alpha value is -2.43. The Morgan fingerprint density at radius 3 is 2.32 bits per heavy atom. The Kier molecular flexibility index (Phi) is 3.69. The van der Waals surface area contributed by atoms with Gasteiger partial charge in [0.1, 0.15) is 0 Å². The molecule has 1 spiro atoms. The number of piperidine rings is 1. The maximum atomic E-state index is 13.3. The van der Waals surface area contributed by atoms with Crippen LogP contribution in [0, 0.1) is 17.8 Å². The van der Waals surface area contributed by atoms with Crippen molar-refractivity contribution in [2.45, 2.75) is 62.4 Å². The summed E-state index contributed by atoms with van der Waals surface area (Å²) in [5.74, 6) is 2.57. The van der Waals surface area contributed by atoms with Crippen LogP contribution in [0.25, 0.3) is 5.69 Å². The monoisotopic (exact) mass is 416 g/mol. The number of nitrogens with zero attached hydrogens (tertiary/aromatic N) is 2. The van der Waals surface area contributed by atoms with E-state index in [1.807, 2.05) is 0 Å². The topological polar surface area (TPSA) is 49.3 Å². The van der Waals surface area contributed by atoms with Gasteiger partial charge in [0.15, 0.2) is 0 Å². The lowest BCUT2D eigenvalue weighted by Gasteiger charge is -2.57. The van der Waals surface area contributed by atoms with Gasteiger partial charge in [-0.3, -0.25) is 0 Å². The van der Waals surface area contributed by atoms with Gasteiger partial charge in [0, 0.05) is 30.5 Å². The molecule has 6 aliphatic rings. The van der Waals surface area contributed by atoms with Crippen molar-refractivity contribution in [3.05, 3.63) is 48.3 Å². The number of hydrogen-bond acceptors (Lipinski definition) is 2. The molecule has 0 unspecified atom stereocenters. The number of urea groups is 1. The van der Waals surface area contributed by atoms with Crippen molar-refractivity contribution in [3.8, 4) is 5.69 Å². The van der Waals surface area contributed by atoms with E-state index in [1.165, 1.54) is 55.6 Å². The molecule has 2 aromatic rings. The first kappa shape index (κ1) is 18.2. The van der Waals surface area contributed by atoms with Crippen molar-refractivity contribution >= 4 is 11.7 Å². The summed E-state index contributed by atoms with van der Waals surface area (Å²) in [6.45, 7) is 1.61. The summed E-state index contributed by atoms with van der Waals surface area (Å²) in [6, 6.07) is 13.1. The van der Waals surface area contributed by atoms with Gasteiger partial charge in [0.05, 0.1) is 16.9 Å². The first-order valence-corrected chi connectivity index (χ1v) is 12.2. The van der Waals surface area contributed by atoms with Crippen LogP contribution in [-0.4, -0.2) is 34.1 Å². The molecule has 3 heterocycles. The lowest BCUT2D eigenvalue weighted by atomic mass is 9.53. The molecule has 5 fully saturated rings. The number of aromatic nitrogens is 1. The quantitative estimate of drug-likeness (QED) is 0.697. The van der Waals surface area contributed by atoms with E-state index in [0.29, 0.717) is 0 Å². The van der Waals surface area contributed by atoms with Crippen molar-refractivity contribution < 1.29 is 4.79 Å². The summed E-state index contributed by atoms with van der Waals surface area (Å²) in [5, 5.41) is 7.44. The van der Waals surface area contributed by atoms with Crippen LogP contribution in [0.1, 0.15) is 57.1 Å². The van der Waals surface area contributed by atoms with Gasteiger partial charge in [-0.15, -0.1) is 0 Å². The van der Waals surface area contributed by atoms with Crippen molar-refractivity contribution in [1.29, 1.82) is 0 Å². The minimum Gasteiger partial charge on any atom is -0.372 e. The molecule has 4 saturated carbocycles. The number of carbonyl (C=O) groups excluding carboxylic acids is 1. The molecule has 162 valence electrons. The Morgan fingerprint density at radius 2 is 1.61 bits per heavy atom. The molecule has 1 aromatic heterocycles. The Balaban J connectivity index is 1.08. The molecule has 2 N–H and O–H groups in total. The second-order valence-electron chi connectivity index (χ2n) is 11.1. The van der Waals surface area contributed by atoms with Crippen LogP contribution in [0.3, 0.4) is 0 Å². The van der Waals surface area contributed by atoms with Gasteiger partial charge < -0.3 is 20.1 Å². The molecule has 8 rings (SSSR count). The average Bonchev–Trinajstić information content (AvgIpc) is 3.24. The zero-order valence-electron chi connectivity index (χ0n) is 18.1. The van der Waals surface area contributed by atoms with E-state index < -0.39 is 0 Å². The first-order chi connectivity index (χ1) is 15.1. The minimum atomic E-state index is -0.0880. The van der Waals surface area contributed by atoms with Crippen molar-refractivity contribution in [3.63, 3.8) is 0 Å². The normalized spacial score (nSPS) is 34.2. The molecule has 2 aliphatic heterocycles. The number of para-hydroxylation sites is 2. The fourth-order valence-corrected chi connectivity index (χ4v) is 8.13. The minimum absolute atomic E-state index is 0.0880. The van der Waals surface area contributed by atoms with Gasteiger partial charge in [-0.05, 0) is 93.4 Å². The summed E-state index contributed by atoms with van der Waals surface area (Å²) in [7, 11) is 0. The first-order valence-electron chi connectivity index (χ1n) is 12.2. The van der Waals surface area contributed by atoms with Crippen LogP contribution >= 0.6 is 0 Å². The van der Waals surface area contributed by atoms with E-state index in [4.69, 9.17) is 0 Å². The summed E-state index contributed by atoms with van der Waals surface area (Å²) in [5.41, 5.74) is 3.74. The lowest BCUT2D eigenvalue weighted by Crippen LogP contribution is -2.63. The number of benzene rings is 1. The van der Waals surface area contributed by atoms with E-state index >= 15 is 0 Å². The second kappa shape index (κ2) is 6.30. The van der Waals surface area contributed by atoms with Crippen LogP contribution in [0.15, 0.2) is 42.6 Å². The van der Waals surface area contributed by atoms with Crippen LogP contribution in [0.2, 0.25) is 0 Å². The van der Waals surface area contributed by atoms with Crippen LogP contribution in [0.5, 0.6) is 0 Å². The molecule has 0 radical (unpaired) electrons. The number of amides is 2. The van der Waals surface area contributed by atoms with Crippen LogP contribution in [0.4, 0.5) is 10.5 Å². The van der Waals surface area contributed by atoms with Gasteiger partial charge in [-0.2, -0.15) is 0 Å². The molecule has 0 atom stereocenters. The number of nitrogens with one attached hydrogen (secondary N) is 2. The highest BCUT2D eigenvalue weighted by Crippen LogP contribution is 2.55. The Bertz CT molecular complexity index is 996. The standard InChI is InChI=1S/C26H32N4O/c31-24(28-25-15-18-12-19(16-25)14-20(13-18)17-25)29-10-7-26(8-11-29)23-6-3-9-30(23)22-5-2-1-4-21(22)27-26/h1-6,9,18-20,27H,7-8,10-17H2,(H,28,31). The summed E-state index contributed by atoms with van der Waals surface area (Å²) >= 11 is 0. The maximum Gasteiger partial charge on any atom is 0.317 e. The third-order valence-corrected chi connectivity index (χ3v) is 9.09. The number of carbonyl (C=O) groups is 1. The van der Waals surface area contributed by atoms with Crippen molar-refractivity contribution in [1.82, 2.24) is 14.8 Å². The molecular formula is C26H32N4O. The fourth-order valence-electron chi connectivity index (χ4n) is 8.13. The van der Waals surface area contributed by atoms with Gasteiger partial charge in [-0.1, -0.05) is 12.1 Å². The summed E-state index contributed by atoms with van der Waals surface area (Å²) in [4.78, 5) is 15.4. The van der Waals surface area contributed by atoms with Gasteiger partial charge in [0.2, 0.25) is 0 Å². The van der Waals surface area contributed by atoms with Crippen LogP contribution in [-0.2, 0) is 5.54 Å². The van der Waals surface area contributed by atoms with E-state index in [1.54, 1.807) is 0 Å². The molecule has 2 amide bonds. The lowest BCUT2D eigenvalue weighted by molar-refractivity contribution is -0.0162. The zero-order valence-corrected chi connectivity index (χ0v) is 18.1. The van der Waals surface area contributed by atoms with Crippen molar-refractivity contribution in [2.75, 3.05) is 18.4 Å². The molecule has 5 nitrogen and oxygen atoms in total. The van der Waals surface area contributed by atoms with E-state index in [-0.39, 0.29) is 17.1 Å². The average molecular weight is 417 g/mol. The highest BCUT2D eigenvalue weighted by molar-refractivity contribution is 5.75. The van der Waals surface area contributed by atoms with Gasteiger partial charge in [-0.25, -0.2) is 4.79 Å². The summed E-state index contributed by atoms with van der Waals surface area (Å²) < 4.78 is 2.33. The summed E-state index contributed by atoms with van der Waals surface area (Å²) in [6.07, 6.45) is 11.9. The number of fused-ring (bicyclic) bond motifs is 4. The van der Waals surface area contributed by atoms with Crippen LogP contribution < -0.4 is 10.6 Å². The SMILES string of the molecule is O=C(NC12CC3CC(CC(C3)C1)C2)N1CCC2(CC1)Nc1ccccc1-n1cccc12. The predicted octanol–water partition coefficient (Wildman–Crippen LogP) is 4.87. The number of hydrogen-bond donors (Lipinski definition) is 2. The van der Waals surface area contributed by atoms with E-state index in [2.05, 4.69) is 62.7 Å². The molecule has 1 saturated heterocycles. The molecule has 5 heteroatoms. The fraction of sp³-hybridized carbons (Fsp3) is 0.577. The molecule has 4 aliphatic carbocycles. The van der Waals surface area contributed by atoms with E-state index in [9.17, 15) is 4.79 Å². The van der Waals surface area contributed by atoms with Crippen molar-refractivity contribution in [2.24, 2.45) is 17.8 Å². The van der Waals surface area contributed by atoms with Gasteiger partial charge >= 0.3 is 6.03 Å². The third kappa shape index (κ3) is 2.71. The van der Waals surface area contributed by atoms with E-state index in [0.717, 1.165) is 43.7 Å². The Morgan fingerprint density at radius 1 is 0.935 bits per heavy atom. The maximum absolute atomic E-state index is 13.3. The molecule has 1 aromatic carbocycles. The molecular weight excluding hydrogens is 384 g/mol. The Labute approximate surface area is 184 Å². The zero-order chi connectivity index (χ0) is 20.6. The third-order valence-electron chi connectivity index (χ3n) is 9.09. The molecule has 4 bridgehead atoms. The largest absolute Gasteiger partial charge is 0.372 e. The predicted molar refractivity (Wildman–Crippen MR) is 121 cm³/mol. The molecule has 31 heavy (non-hydrogen) atoms. The number of likely N-dealkylation sites (tertiary alicyclic amines) is 1. The second-order valence-corrected chi connectivity index (χ2v) is 11.1.